The second kappa shape index (κ2) is 8.20. The Hall–Kier alpha value is -3.28. The molecule has 0 unspecified atom stereocenters. The lowest BCUT2D eigenvalue weighted by molar-refractivity contribution is 0.174. The van der Waals surface area contributed by atoms with Crippen LogP contribution in [0.5, 0.6) is 23.0 Å². The van der Waals surface area contributed by atoms with Crippen molar-refractivity contribution in [3.05, 3.63) is 47.0 Å². The number of fused-ring (bicyclic) bond motifs is 1. The smallest absolute Gasteiger partial charge is 0.231 e. The van der Waals surface area contributed by atoms with Crippen LogP contribution >= 0.6 is 0 Å². The molecule has 0 fully saturated rings. The average molecular weight is 350 g/mol. The molecule has 0 saturated carbocycles. The van der Waals surface area contributed by atoms with Gasteiger partial charge < -0.3 is 24.1 Å². The molecule has 0 bridgehead atoms. The van der Waals surface area contributed by atoms with E-state index < -0.39 is 0 Å². The Labute approximate surface area is 152 Å². The van der Waals surface area contributed by atoms with Gasteiger partial charge in [-0.2, -0.15) is 0 Å². The molecule has 132 valence electrons. The van der Waals surface area contributed by atoms with Gasteiger partial charge >= 0.3 is 0 Å². The van der Waals surface area contributed by atoms with Crippen LogP contribution in [-0.4, -0.2) is 32.7 Å². The van der Waals surface area contributed by atoms with Crippen molar-refractivity contribution in [2.75, 3.05) is 27.6 Å². The Morgan fingerprint density at radius 2 is 1.62 bits per heavy atom. The third-order valence-electron chi connectivity index (χ3n) is 3.70. The molecule has 0 saturated heterocycles. The van der Waals surface area contributed by atoms with Crippen molar-refractivity contribution in [1.29, 1.82) is 0 Å². The van der Waals surface area contributed by atoms with Gasteiger partial charge in [0, 0.05) is 35.2 Å². The second-order valence-electron chi connectivity index (χ2n) is 5.35. The lowest BCUT2D eigenvalue weighted by Crippen LogP contribution is -1.92. The van der Waals surface area contributed by atoms with Crippen molar-refractivity contribution < 1.29 is 24.1 Å². The van der Waals surface area contributed by atoms with Gasteiger partial charge in [-0.05, 0) is 18.2 Å². The van der Waals surface area contributed by atoms with Crippen LogP contribution < -0.4 is 18.9 Å². The highest BCUT2D eigenvalue weighted by atomic mass is 16.7. The van der Waals surface area contributed by atoms with Crippen LogP contribution in [0.3, 0.4) is 0 Å². The van der Waals surface area contributed by atoms with Crippen LogP contribution in [-0.2, 0) is 0 Å². The van der Waals surface area contributed by atoms with Gasteiger partial charge in [0.2, 0.25) is 6.79 Å². The highest BCUT2D eigenvalue weighted by molar-refractivity contribution is 5.61. The van der Waals surface area contributed by atoms with Crippen LogP contribution in [0.15, 0.2) is 30.3 Å². The standard InChI is InChI=1S/C21H18O5/c1-23-18-9-7-15(11-19(18)24-2)6-8-17-13-21-20(25-14-26-21)12-16(17)5-3-4-10-22/h7,9,11-13,22H,4,10,14H2,1-2H3. The van der Waals surface area contributed by atoms with E-state index in [1.165, 1.54) is 0 Å². The summed E-state index contributed by atoms with van der Waals surface area (Å²) in [4.78, 5) is 0. The largest absolute Gasteiger partial charge is 0.493 e. The minimum absolute atomic E-state index is 0.0181. The molecule has 0 amide bonds. The highest BCUT2D eigenvalue weighted by Gasteiger charge is 2.15. The molecule has 1 aliphatic rings. The predicted octanol–water partition coefficient (Wildman–Crippen LogP) is 2.57. The lowest BCUT2D eigenvalue weighted by Gasteiger charge is -2.06. The number of rotatable bonds is 3. The van der Waals surface area contributed by atoms with E-state index in [9.17, 15) is 0 Å². The number of hydrogen-bond acceptors (Lipinski definition) is 5. The summed E-state index contributed by atoms with van der Waals surface area (Å²) in [6.45, 7) is 0.204. The van der Waals surface area contributed by atoms with E-state index in [-0.39, 0.29) is 13.4 Å². The van der Waals surface area contributed by atoms with E-state index in [1.807, 2.05) is 30.3 Å². The molecule has 2 aromatic rings. The summed E-state index contributed by atoms with van der Waals surface area (Å²) in [6, 6.07) is 9.11. The van der Waals surface area contributed by atoms with Crippen LogP contribution in [0.1, 0.15) is 23.1 Å². The molecule has 0 radical (unpaired) electrons. The molecule has 1 heterocycles. The number of hydrogen-bond donors (Lipinski definition) is 1. The summed E-state index contributed by atoms with van der Waals surface area (Å²) >= 11 is 0. The van der Waals surface area contributed by atoms with E-state index in [1.54, 1.807) is 14.2 Å². The molecule has 0 aliphatic carbocycles. The zero-order chi connectivity index (χ0) is 18.4. The summed E-state index contributed by atoms with van der Waals surface area (Å²) in [5.41, 5.74) is 2.25. The van der Waals surface area contributed by atoms with Crippen LogP contribution in [0.4, 0.5) is 0 Å². The maximum atomic E-state index is 8.92. The normalized spacial score (nSPS) is 11.0. The van der Waals surface area contributed by atoms with Crippen LogP contribution in [0.2, 0.25) is 0 Å². The van der Waals surface area contributed by atoms with Crippen molar-refractivity contribution in [3.8, 4) is 46.7 Å². The molecule has 1 N–H and O–H groups in total. The van der Waals surface area contributed by atoms with Gasteiger partial charge in [0.25, 0.3) is 0 Å². The van der Waals surface area contributed by atoms with E-state index in [0.29, 0.717) is 29.4 Å². The predicted molar refractivity (Wildman–Crippen MR) is 96.7 cm³/mol. The lowest BCUT2D eigenvalue weighted by atomic mass is 10.1. The van der Waals surface area contributed by atoms with Crippen molar-refractivity contribution in [1.82, 2.24) is 0 Å². The molecular formula is C21H18O5. The fourth-order valence-corrected chi connectivity index (χ4v) is 2.42. The van der Waals surface area contributed by atoms with E-state index in [2.05, 4.69) is 23.7 Å². The first-order valence-corrected chi connectivity index (χ1v) is 8.02. The highest BCUT2D eigenvalue weighted by Crippen LogP contribution is 2.34. The van der Waals surface area contributed by atoms with Crippen molar-refractivity contribution in [2.24, 2.45) is 0 Å². The number of aliphatic hydroxyl groups excluding tert-OH is 1. The van der Waals surface area contributed by atoms with Gasteiger partial charge in [-0.25, -0.2) is 0 Å². The first kappa shape index (κ1) is 17.5. The van der Waals surface area contributed by atoms with Crippen molar-refractivity contribution in [2.45, 2.75) is 6.42 Å². The van der Waals surface area contributed by atoms with Gasteiger partial charge in [0.05, 0.1) is 20.8 Å². The quantitative estimate of drug-likeness (QED) is 0.863. The van der Waals surface area contributed by atoms with Gasteiger partial charge in [-0.1, -0.05) is 23.7 Å². The maximum Gasteiger partial charge on any atom is 0.231 e. The maximum absolute atomic E-state index is 8.92. The SMILES string of the molecule is COc1ccc(C#Cc2cc3c(cc2C#CCCO)OCO3)cc1OC. The summed E-state index contributed by atoms with van der Waals surface area (Å²) in [6.07, 6.45) is 0.400. The van der Waals surface area contributed by atoms with Gasteiger partial charge in [-0.3, -0.25) is 0 Å². The van der Waals surface area contributed by atoms with Crippen LogP contribution in [0, 0.1) is 23.7 Å². The zero-order valence-electron chi connectivity index (χ0n) is 14.6. The summed E-state index contributed by atoms with van der Waals surface area (Å²) in [5, 5.41) is 8.92. The number of benzene rings is 2. The van der Waals surface area contributed by atoms with Gasteiger partial charge in [0.1, 0.15) is 0 Å². The Bertz CT molecular complexity index is 925. The van der Waals surface area contributed by atoms with E-state index in [4.69, 9.17) is 24.1 Å². The van der Waals surface area contributed by atoms with E-state index >= 15 is 0 Å². The summed E-state index contributed by atoms with van der Waals surface area (Å²) in [5.74, 6) is 14.7. The molecule has 5 heteroatoms. The first-order valence-electron chi connectivity index (χ1n) is 8.02. The molecule has 1 aliphatic heterocycles. The number of aliphatic hydroxyl groups is 1. The van der Waals surface area contributed by atoms with Gasteiger partial charge in [0.15, 0.2) is 23.0 Å². The Balaban J connectivity index is 1.97. The Morgan fingerprint density at radius 1 is 0.923 bits per heavy atom. The Morgan fingerprint density at radius 3 is 2.27 bits per heavy atom. The Kier molecular flexibility index (Phi) is 5.53. The van der Waals surface area contributed by atoms with Crippen molar-refractivity contribution >= 4 is 0 Å². The topological polar surface area (TPSA) is 57.2 Å². The van der Waals surface area contributed by atoms with Crippen molar-refractivity contribution in [3.63, 3.8) is 0 Å². The molecule has 0 atom stereocenters. The molecular weight excluding hydrogens is 332 g/mol. The second-order valence-corrected chi connectivity index (χ2v) is 5.35. The minimum Gasteiger partial charge on any atom is -0.493 e. The fourth-order valence-electron chi connectivity index (χ4n) is 2.42. The zero-order valence-corrected chi connectivity index (χ0v) is 14.6. The minimum atomic E-state index is 0.0181. The summed E-state index contributed by atoms with van der Waals surface area (Å²) < 4.78 is 21.4. The number of methoxy groups -OCH3 is 2. The van der Waals surface area contributed by atoms with Crippen LogP contribution in [0.25, 0.3) is 0 Å². The number of ether oxygens (including phenoxy) is 4. The van der Waals surface area contributed by atoms with Gasteiger partial charge in [-0.15, -0.1) is 0 Å². The monoisotopic (exact) mass is 350 g/mol. The average Bonchev–Trinajstić information content (AvgIpc) is 3.13. The third kappa shape index (κ3) is 3.85. The molecule has 0 spiro atoms. The first-order chi connectivity index (χ1) is 12.7. The molecule has 5 nitrogen and oxygen atoms in total. The fraction of sp³-hybridized carbons (Fsp3) is 0.238. The third-order valence-corrected chi connectivity index (χ3v) is 3.70. The van der Waals surface area contributed by atoms with E-state index in [0.717, 1.165) is 16.7 Å². The molecule has 3 rings (SSSR count). The molecule has 2 aromatic carbocycles. The molecule has 0 aromatic heterocycles. The molecule has 26 heavy (non-hydrogen) atoms. The summed E-state index contributed by atoms with van der Waals surface area (Å²) in [7, 11) is 3.18.